The van der Waals surface area contributed by atoms with Gasteiger partial charge in [-0.05, 0) is 70.2 Å². The first-order chi connectivity index (χ1) is 17.1. The van der Waals surface area contributed by atoms with Crippen LogP contribution >= 0.6 is 11.8 Å². The first-order valence-corrected chi connectivity index (χ1v) is 12.9. The van der Waals surface area contributed by atoms with Crippen molar-refractivity contribution in [2.75, 3.05) is 6.54 Å². The second kappa shape index (κ2) is 8.77. The lowest BCUT2D eigenvalue weighted by molar-refractivity contribution is 0.202. The molecule has 0 amide bonds. The van der Waals surface area contributed by atoms with Crippen LogP contribution in [-0.4, -0.2) is 36.5 Å². The van der Waals surface area contributed by atoms with Crippen LogP contribution in [-0.2, 0) is 0 Å². The maximum atomic E-state index is 14.4. The number of nitrogens with one attached hydrogen (secondary N) is 1. The van der Waals surface area contributed by atoms with Crippen molar-refractivity contribution in [3.05, 3.63) is 60.1 Å². The van der Waals surface area contributed by atoms with E-state index < -0.39 is 5.82 Å². The maximum absolute atomic E-state index is 14.4. The van der Waals surface area contributed by atoms with Gasteiger partial charge in [-0.3, -0.25) is 4.68 Å². The zero-order chi connectivity index (χ0) is 24.0. The molecule has 4 aromatic rings. The van der Waals surface area contributed by atoms with Crippen LogP contribution in [0, 0.1) is 24.1 Å². The molecule has 0 aromatic carbocycles. The minimum absolute atomic E-state index is 0.265. The Bertz CT molecular complexity index is 1430. The average Bonchev–Trinajstić information content (AvgIpc) is 3.60. The van der Waals surface area contributed by atoms with E-state index in [9.17, 15) is 9.65 Å². The van der Waals surface area contributed by atoms with Crippen molar-refractivity contribution in [2.45, 2.75) is 67.0 Å². The highest BCUT2D eigenvalue weighted by Gasteiger charge is 2.38. The van der Waals surface area contributed by atoms with Gasteiger partial charge in [0.15, 0.2) is 5.82 Å². The van der Waals surface area contributed by atoms with Gasteiger partial charge >= 0.3 is 0 Å². The Kier molecular flexibility index (Phi) is 5.58. The van der Waals surface area contributed by atoms with Gasteiger partial charge in [0, 0.05) is 39.6 Å². The number of hydrogen-bond donors (Lipinski definition) is 1. The molecule has 1 aliphatic heterocycles. The molecule has 1 aliphatic carbocycles. The van der Waals surface area contributed by atoms with Gasteiger partial charge in [0.05, 0.1) is 29.5 Å². The van der Waals surface area contributed by atoms with Gasteiger partial charge in [-0.1, -0.05) is 11.8 Å². The molecule has 2 aliphatic rings. The third-order valence-electron chi connectivity index (χ3n) is 7.57. The monoisotopic (exact) mass is 487 g/mol. The highest BCUT2D eigenvalue weighted by atomic mass is 32.2. The molecule has 7 nitrogen and oxygen atoms in total. The fourth-order valence-electron chi connectivity index (χ4n) is 5.71. The minimum atomic E-state index is -0.394. The molecule has 35 heavy (non-hydrogen) atoms. The van der Waals surface area contributed by atoms with Crippen molar-refractivity contribution in [1.82, 2.24) is 29.7 Å². The summed E-state index contributed by atoms with van der Waals surface area (Å²) in [5.41, 5.74) is 4.49. The Morgan fingerprint density at radius 1 is 1.23 bits per heavy atom. The third kappa shape index (κ3) is 3.91. The Morgan fingerprint density at radius 3 is 2.83 bits per heavy atom. The highest BCUT2D eigenvalue weighted by Crippen LogP contribution is 2.41. The summed E-state index contributed by atoms with van der Waals surface area (Å²) in [5.74, 6) is -0.394. The number of nitriles is 1. The number of fused-ring (bicyclic) bond motifs is 1. The Morgan fingerprint density at radius 2 is 2.09 bits per heavy atom. The number of nitrogens with zero attached hydrogens (tertiary/aromatic N) is 6. The summed E-state index contributed by atoms with van der Waals surface area (Å²) in [6.45, 7) is 3.25. The van der Waals surface area contributed by atoms with Crippen LogP contribution in [0.15, 0.2) is 52.9 Å². The van der Waals surface area contributed by atoms with Crippen LogP contribution in [0.2, 0.25) is 0 Å². The van der Waals surface area contributed by atoms with E-state index in [2.05, 4.69) is 33.1 Å². The highest BCUT2D eigenvalue weighted by molar-refractivity contribution is 7.99. The van der Waals surface area contributed by atoms with Gasteiger partial charge in [0.2, 0.25) is 0 Å². The molecule has 178 valence electrons. The first-order valence-electron chi connectivity index (χ1n) is 12.1. The SMILES string of the molecule is Cc1c(-c2cc(Sc3ncccc3F)c3c(C#N)cnn3c2)cnn1C1CCC2(CCCN2)CC1. The van der Waals surface area contributed by atoms with Gasteiger partial charge in [-0.2, -0.15) is 15.5 Å². The van der Waals surface area contributed by atoms with E-state index in [4.69, 9.17) is 5.10 Å². The molecule has 0 atom stereocenters. The van der Waals surface area contributed by atoms with E-state index in [1.165, 1.54) is 43.5 Å². The van der Waals surface area contributed by atoms with Crippen molar-refractivity contribution < 1.29 is 4.39 Å². The van der Waals surface area contributed by atoms with Gasteiger partial charge in [0.1, 0.15) is 11.1 Å². The number of halogens is 1. The zero-order valence-electron chi connectivity index (χ0n) is 19.5. The molecule has 0 radical (unpaired) electrons. The molecular formula is C26H26FN7S. The fourth-order valence-corrected chi connectivity index (χ4v) is 6.69. The third-order valence-corrected chi connectivity index (χ3v) is 8.60. The standard InChI is InChI=1S/C26H26FN7S/c1-17-21(15-32-34(17)20-5-8-26(9-6-20)7-3-11-30-26)18-12-23(35-25-22(27)4-2-10-29-25)24-19(13-28)14-31-33(24)16-18/h2,4,10,12,14-16,20,30H,3,5-9,11H2,1H3. The summed E-state index contributed by atoms with van der Waals surface area (Å²) in [6, 6.07) is 7.54. The Labute approximate surface area is 207 Å². The second-order valence-corrected chi connectivity index (χ2v) is 10.6. The number of hydrogen-bond acceptors (Lipinski definition) is 6. The number of aromatic nitrogens is 5. The van der Waals surface area contributed by atoms with E-state index in [1.54, 1.807) is 23.0 Å². The quantitative estimate of drug-likeness (QED) is 0.421. The van der Waals surface area contributed by atoms with Crippen molar-refractivity contribution in [1.29, 1.82) is 5.26 Å². The van der Waals surface area contributed by atoms with Gasteiger partial charge in [-0.25, -0.2) is 13.9 Å². The predicted octanol–water partition coefficient (Wildman–Crippen LogP) is 5.30. The molecular weight excluding hydrogens is 461 g/mol. The van der Waals surface area contributed by atoms with Crippen molar-refractivity contribution >= 4 is 17.3 Å². The van der Waals surface area contributed by atoms with Gasteiger partial charge in [0.25, 0.3) is 0 Å². The summed E-state index contributed by atoms with van der Waals surface area (Å²) in [4.78, 5) is 4.92. The van der Waals surface area contributed by atoms with E-state index in [0.717, 1.165) is 41.1 Å². The lowest BCUT2D eigenvalue weighted by Gasteiger charge is -2.38. The average molecular weight is 488 g/mol. The van der Waals surface area contributed by atoms with Crippen molar-refractivity contribution in [3.8, 4) is 17.2 Å². The topological polar surface area (TPSA) is 83.8 Å². The van der Waals surface area contributed by atoms with E-state index >= 15 is 0 Å². The molecule has 1 N–H and O–H groups in total. The summed E-state index contributed by atoms with van der Waals surface area (Å²) in [5, 5.41) is 22.8. The second-order valence-electron chi connectivity index (χ2n) is 9.58. The summed E-state index contributed by atoms with van der Waals surface area (Å²) in [6.07, 6.45) is 14.1. The smallest absolute Gasteiger partial charge is 0.155 e. The number of pyridine rings is 2. The summed E-state index contributed by atoms with van der Waals surface area (Å²) >= 11 is 1.21. The minimum Gasteiger partial charge on any atom is -0.311 e. The molecule has 1 saturated heterocycles. The Balaban J connectivity index is 1.36. The zero-order valence-corrected chi connectivity index (χ0v) is 20.4. The lowest BCUT2D eigenvalue weighted by Crippen LogP contribution is -2.43. The van der Waals surface area contributed by atoms with E-state index in [1.807, 2.05) is 18.5 Å². The lowest BCUT2D eigenvalue weighted by atomic mass is 9.78. The predicted molar refractivity (Wildman–Crippen MR) is 132 cm³/mol. The molecule has 4 aromatic heterocycles. The summed E-state index contributed by atoms with van der Waals surface area (Å²) < 4.78 is 18.3. The van der Waals surface area contributed by atoms with Crippen molar-refractivity contribution in [2.24, 2.45) is 0 Å². The van der Waals surface area contributed by atoms with Gasteiger partial charge in [-0.15, -0.1) is 0 Å². The molecule has 0 bridgehead atoms. The molecule has 2 fully saturated rings. The largest absolute Gasteiger partial charge is 0.311 e. The normalized spacial score (nSPS) is 22.1. The molecule has 5 heterocycles. The van der Waals surface area contributed by atoms with Gasteiger partial charge < -0.3 is 5.32 Å². The van der Waals surface area contributed by atoms with Crippen LogP contribution in [0.4, 0.5) is 4.39 Å². The van der Waals surface area contributed by atoms with Crippen LogP contribution in [0.25, 0.3) is 16.6 Å². The molecule has 1 saturated carbocycles. The van der Waals surface area contributed by atoms with E-state index in [-0.39, 0.29) is 5.03 Å². The van der Waals surface area contributed by atoms with Crippen molar-refractivity contribution in [3.63, 3.8) is 0 Å². The summed E-state index contributed by atoms with van der Waals surface area (Å²) in [7, 11) is 0. The fraction of sp³-hybridized carbons (Fsp3) is 0.385. The number of rotatable bonds is 4. The molecule has 1 spiro atoms. The van der Waals surface area contributed by atoms with Crippen LogP contribution < -0.4 is 5.32 Å². The van der Waals surface area contributed by atoms with Crippen LogP contribution in [0.1, 0.15) is 55.8 Å². The Hall–Kier alpha value is -3.22. The molecule has 9 heteroatoms. The molecule has 6 rings (SSSR count). The van der Waals surface area contributed by atoms with Crippen LogP contribution in [0.5, 0.6) is 0 Å². The maximum Gasteiger partial charge on any atom is 0.155 e. The van der Waals surface area contributed by atoms with Crippen LogP contribution in [0.3, 0.4) is 0 Å². The first kappa shape index (κ1) is 22.3. The molecule has 0 unspecified atom stereocenters. The van der Waals surface area contributed by atoms with E-state index in [0.29, 0.717) is 22.7 Å².